The maximum atomic E-state index is 13.3. The van der Waals surface area contributed by atoms with Gasteiger partial charge in [0.15, 0.2) is 22.5 Å². The monoisotopic (exact) mass is 497 g/mol. The number of nitrogens with two attached hydrogens (primary N) is 1. The molecule has 2 atom stereocenters. The molecule has 13 nitrogen and oxygen atoms in total. The Hall–Kier alpha value is -4.39. The highest BCUT2D eigenvalue weighted by atomic mass is 16.4. The van der Waals surface area contributed by atoms with Crippen LogP contribution in [0.15, 0.2) is 35.3 Å². The normalized spacial score (nSPS) is 13.8. The standard InChI is InChI=1S/C23H27N7O6/c1-12(15-11-25-19-17(26-15)20(34)28-22(24)27-19)30(4)14-7-5-13(6-8-14)18(33)23(21(35)36,29(2)3)10-9-16(31)32/h5-8,11-12H,9-10H2,1-4H3,(H,31,32)(H,35,36)(H3,24,25,27,28,34)/t12?,23-/m1/s1. The Morgan fingerprint density at radius 3 is 2.31 bits per heavy atom. The molecule has 0 radical (unpaired) electrons. The van der Waals surface area contributed by atoms with Gasteiger partial charge in [-0.3, -0.25) is 24.3 Å². The first-order chi connectivity index (χ1) is 16.9. The number of likely N-dealkylation sites (N-methyl/N-ethyl adjacent to an activating group) is 1. The van der Waals surface area contributed by atoms with Gasteiger partial charge in [0.05, 0.1) is 17.9 Å². The van der Waals surface area contributed by atoms with Gasteiger partial charge in [-0.15, -0.1) is 0 Å². The molecule has 0 spiro atoms. The lowest BCUT2D eigenvalue weighted by Crippen LogP contribution is -2.57. The first-order valence-electron chi connectivity index (χ1n) is 10.9. The number of H-pyrrole nitrogens is 1. The molecule has 5 N–H and O–H groups in total. The average Bonchev–Trinajstić information content (AvgIpc) is 2.82. The maximum Gasteiger partial charge on any atom is 0.332 e. The number of hydrogen-bond acceptors (Lipinski definition) is 10. The Kier molecular flexibility index (Phi) is 7.34. The highest BCUT2D eigenvalue weighted by Crippen LogP contribution is 2.29. The molecule has 0 amide bonds. The minimum absolute atomic E-state index is 0.0537. The van der Waals surface area contributed by atoms with Crippen LogP contribution >= 0.6 is 0 Å². The number of ketones is 1. The number of nitrogens with zero attached hydrogens (tertiary/aromatic N) is 5. The number of carboxylic acids is 2. The lowest BCUT2D eigenvalue weighted by Gasteiger charge is -2.34. The van der Waals surface area contributed by atoms with Crippen LogP contribution in [-0.4, -0.2) is 79.5 Å². The number of Topliss-reactive ketones (excluding diaryl/α,β-unsaturated/α-hetero) is 1. The molecule has 1 aromatic carbocycles. The van der Waals surface area contributed by atoms with Crippen LogP contribution in [0.4, 0.5) is 11.6 Å². The second kappa shape index (κ2) is 10.1. The van der Waals surface area contributed by atoms with Crippen molar-refractivity contribution in [1.82, 2.24) is 24.8 Å². The Labute approximate surface area is 205 Å². The van der Waals surface area contributed by atoms with Crippen LogP contribution in [-0.2, 0) is 9.59 Å². The number of hydrogen-bond donors (Lipinski definition) is 4. The zero-order chi connectivity index (χ0) is 26.8. The third kappa shape index (κ3) is 4.86. The number of benzene rings is 1. The number of carbonyl (C=O) groups is 3. The zero-order valence-corrected chi connectivity index (χ0v) is 20.2. The van der Waals surface area contributed by atoms with Gasteiger partial charge in [-0.05, 0) is 51.7 Å². The van der Waals surface area contributed by atoms with E-state index in [4.69, 9.17) is 10.8 Å². The number of nitrogen functional groups attached to an aromatic ring is 1. The Bertz CT molecular complexity index is 1370. The molecule has 0 aliphatic rings. The van der Waals surface area contributed by atoms with E-state index in [1.807, 2.05) is 11.8 Å². The average molecular weight is 498 g/mol. The van der Waals surface area contributed by atoms with Crippen molar-refractivity contribution in [1.29, 1.82) is 0 Å². The Morgan fingerprint density at radius 1 is 1.11 bits per heavy atom. The first kappa shape index (κ1) is 26.2. The first-order valence-corrected chi connectivity index (χ1v) is 10.9. The molecular formula is C23H27N7O6. The van der Waals surface area contributed by atoms with Crippen molar-refractivity contribution in [2.75, 3.05) is 31.8 Å². The van der Waals surface area contributed by atoms with E-state index >= 15 is 0 Å². The molecule has 3 rings (SSSR count). The molecular weight excluding hydrogens is 470 g/mol. The van der Waals surface area contributed by atoms with Gasteiger partial charge in [0.1, 0.15) is 0 Å². The number of anilines is 2. The fraction of sp³-hybridized carbons (Fsp3) is 0.348. The van der Waals surface area contributed by atoms with Crippen molar-refractivity contribution < 1.29 is 24.6 Å². The molecule has 0 saturated heterocycles. The second-order valence-corrected chi connectivity index (χ2v) is 8.53. The molecule has 0 aliphatic heterocycles. The lowest BCUT2D eigenvalue weighted by atomic mass is 9.83. The summed E-state index contributed by atoms with van der Waals surface area (Å²) in [4.78, 5) is 66.6. The Morgan fingerprint density at radius 2 is 1.75 bits per heavy atom. The summed E-state index contributed by atoms with van der Waals surface area (Å²) >= 11 is 0. The smallest absolute Gasteiger partial charge is 0.332 e. The van der Waals surface area contributed by atoms with E-state index in [9.17, 15) is 24.3 Å². The second-order valence-electron chi connectivity index (χ2n) is 8.53. The molecule has 0 saturated carbocycles. The minimum Gasteiger partial charge on any atom is -0.481 e. The largest absolute Gasteiger partial charge is 0.481 e. The number of nitrogens with one attached hydrogen (secondary N) is 1. The number of aliphatic carboxylic acids is 2. The summed E-state index contributed by atoms with van der Waals surface area (Å²) in [5.74, 6) is -3.39. The van der Waals surface area contributed by atoms with Crippen LogP contribution in [0.3, 0.4) is 0 Å². The number of rotatable bonds is 10. The fourth-order valence-corrected chi connectivity index (χ4v) is 3.88. The van der Waals surface area contributed by atoms with Crippen molar-refractivity contribution in [3.05, 3.63) is 52.1 Å². The molecule has 0 bridgehead atoms. The van der Waals surface area contributed by atoms with Gasteiger partial charge < -0.3 is 20.8 Å². The fourth-order valence-electron chi connectivity index (χ4n) is 3.88. The van der Waals surface area contributed by atoms with Gasteiger partial charge in [0.2, 0.25) is 5.95 Å². The summed E-state index contributed by atoms with van der Waals surface area (Å²) in [6, 6.07) is 5.94. The molecule has 36 heavy (non-hydrogen) atoms. The molecule has 3 aromatic rings. The maximum absolute atomic E-state index is 13.3. The number of carboxylic acid groups (broad SMARTS) is 2. The summed E-state index contributed by atoms with van der Waals surface area (Å²) in [7, 11) is 4.64. The number of carbonyl (C=O) groups excluding carboxylic acids is 1. The zero-order valence-electron chi connectivity index (χ0n) is 20.2. The van der Waals surface area contributed by atoms with Crippen molar-refractivity contribution in [2.45, 2.75) is 31.3 Å². The third-order valence-corrected chi connectivity index (χ3v) is 6.19. The Balaban J connectivity index is 1.89. The van der Waals surface area contributed by atoms with Crippen LogP contribution < -0.4 is 16.2 Å². The van der Waals surface area contributed by atoms with E-state index in [1.165, 1.54) is 37.3 Å². The van der Waals surface area contributed by atoms with E-state index in [0.717, 1.165) is 0 Å². The van der Waals surface area contributed by atoms with Crippen molar-refractivity contribution >= 4 is 40.5 Å². The topological polar surface area (TPSA) is 196 Å². The quantitative estimate of drug-likeness (QED) is 0.229. The van der Waals surface area contributed by atoms with E-state index in [-0.39, 0.29) is 35.1 Å². The van der Waals surface area contributed by atoms with Gasteiger partial charge >= 0.3 is 11.9 Å². The van der Waals surface area contributed by atoms with Gasteiger partial charge in [-0.1, -0.05) is 0 Å². The van der Waals surface area contributed by atoms with Crippen LogP contribution in [0.2, 0.25) is 0 Å². The molecule has 190 valence electrons. The third-order valence-electron chi connectivity index (χ3n) is 6.19. The molecule has 0 fully saturated rings. The van der Waals surface area contributed by atoms with Crippen LogP contribution in [0.1, 0.15) is 41.9 Å². The van der Waals surface area contributed by atoms with Gasteiger partial charge in [-0.2, -0.15) is 4.98 Å². The van der Waals surface area contributed by atoms with Crippen LogP contribution in [0.25, 0.3) is 11.2 Å². The predicted octanol–water partition coefficient (Wildman–Crippen LogP) is 0.925. The number of fused-ring (bicyclic) bond motifs is 1. The molecule has 2 heterocycles. The van der Waals surface area contributed by atoms with Crippen molar-refractivity contribution in [3.63, 3.8) is 0 Å². The summed E-state index contributed by atoms with van der Waals surface area (Å²) in [6.07, 6.45) is 0.628. The summed E-state index contributed by atoms with van der Waals surface area (Å²) in [5, 5.41) is 18.9. The molecule has 13 heteroatoms. The van der Waals surface area contributed by atoms with Crippen LogP contribution in [0, 0.1) is 0 Å². The van der Waals surface area contributed by atoms with Gasteiger partial charge in [-0.25, -0.2) is 14.8 Å². The highest BCUT2D eigenvalue weighted by Gasteiger charge is 2.48. The minimum atomic E-state index is -2.02. The van der Waals surface area contributed by atoms with E-state index in [0.29, 0.717) is 11.4 Å². The summed E-state index contributed by atoms with van der Waals surface area (Å²) < 4.78 is 0. The van der Waals surface area contributed by atoms with Crippen molar-refractivity contribution in [3.8, 4) is 0 Å². The highest BCUT2D eigenvalue weighted by molar-refractivity contribution is 6.16. The number of aromatic nitrogens is 4. The van der Waals surface area contributed by atoms with Gasteiger partial charge in [0, 0.05) is 24.7 Å². The van der Waals surface area contributed by atoms with E-state index in [2.05, 4.69) is 19.9 Å². The SMILES string of the molecule is CC(c1cnc2nc(N)[nH]c(=O)c2n1)N(C)c1ccc(C(=O)[C@](CCC(=O)O)(C(=O)O)N(C)C)cc1. The van der Waals surface area contributed by atoms with E-state index in [1.54, 1.807) is 19.2 Å². The number of aromatic amines is 1. The lowest BCUT2D eigenvalue weighted by molar-refractivity contribution is -0.148. The van der Waals surface area contributed by atoms with Crippen LogP contribution in [0.5, 0.6) is 0 Å². The van der Waals surface area contributed by atoms with Crippen molar-refractivity contribution in [2.24, 2.45) is 0 Å². The molecule has 0 aliphatic carbocycles. The van der Waals surface area contributed by atoms with Gasteiger partial charge in [0.25, 0.3) is 5.56 Å². The summed E-state index contributed by atoms with van der Waals surface area (Å²) in [5.41, 5.74) is 4.50. The predicted molar refractivity (Wildman–Crippen MR) is 131 cm³/mol. The van der Waals surface area contributed by atoms with E-state index < -0.39 is 35.2 Å². The molecule has 2 aromatic heterocycles. The molecule has 1 unspecified atom stereocenters. The summed E-state index contributed by atoms with van der Waals surface area (Å²) in [6.45, 7) is 1.85.